The van der Waals surface area contributed by atoms with Gasteiger partial charge in [0.2, 0.25) is 0 Å². The highest BCUT2D eigenvalue weighted by Crippen LogP contribution is 2.34. The van der Waals surface area contributed by atoms with E-state index in [2.05, 4.69) is 35.3 Å². The summed E-state index contributed by atoms with van der Waals surface area (Å²) in [6.07, 6.45) is 6.74. The molecule has 0 bridgehead atoms. The van der Waals surface area contributed by atoms with Crippen molar-refractivity contribution in [3.8, 4) is 5.75 Å². The van der Waals surface area contributed by atoms with E-state index in [1.165, 1.54) is 43.1 Å². The molecular formula is C22H23NO. The number of rotatable bonds is 4. The first-order valence-electron chi connectivity index (χ1n) is 8.96. The number of para-hydroxylation sites is 1. The lowest BCUT2D eigenvalue weighted by Crippen LogP contribution is -2.05. The average molecular weight is 317 g/mol. The summed E-state index contributed by atoms with van der Waals surface area (Å²) in [5.74, 6) is 1.66. The normalized spacial score (nSPS) is 15.5. The monoisotopic (exact) mass is 317 g/mol. The molecule has 1 aliphatic rings. The average Bonchev–Trinajstić information content (AvgIpc) is 2.67. The molecule has 2 aromatic carbocycles. The van der Waals surface area contributed by atoms with E-state index in [4.69, 9.17) is 4.74 Å². The Morgan fingerprint density at radius 1 is 0.875 bits per heavy atom. The van der Waals surface area contributed by atoms with E-state index in [1.807, 2.05) is 30.3 Å². The van der Waals surface area contributed by atoms with E-state index < -0.39 is 0 Å². The lowest BCUT2D eigenvalue weighted by molar-refractivity contribution is 0.301. The van der Waals surface area contributed by atoms with Gasteiger partial charge in [0.1, 0.15) is 12.4 Å². The molecule has 0 N–H and O–H groups in total. The van der Waals surface area contributed by atoms with Crippen molar-refractivity contribution < 1.29 is 4.74 Å². The highest BCUT2D eigenvalue weighted by atomic mass is 16.5. The van der Waals surface area contributed by atoms with Crippen molar-refractivity contribution in [3.63, 3.8) is 0 Å². The number of fused-ring (bicyclic) bond motifs is 1. The van der Waals surface area contributed by atoms with Crippen LogP contribution in [0.2, 0.25) is 0 Å². The van der Waals surface area contributed by atoms with Gasteiger partial charge < -0.3 is 4.74 Å². The van der Waals surface area contributed by atoms with Crippen molar-refractivity contribution in [2.45, 2.75) is 44.6 Å². The number of aromatic nitrogens is 1. The summed E-state index contributed by atoms with van der Waals surface area (Å²) in [4.78, 5) is 4.68. The number of benzene rings is 2. The van der Waals surface area contributed by atoms with Gasteiger partial charge >= 0.3 is 0 Å². The van der Waals surface area contributed by atoms with Crippen LogP contribution in [0.5, 0.6) is 5.75 Å². The third kappa shape index (κ3) is 3.43. The first kappa shape index (κ1) is 15.2. The Bertz CT molecular complexity index is 821. The van der Waals surface area contributed by atoms with Crippen LogP contribution < -0.4 is 4.74 Å². The number of nitrogens with zero attached hydrogens (tertiary/aromatic N) is 1. The van der Waals surface area contributed by atoms with Crippen molar-refractivity contribution >= 4 is 10.9 Å². The van der Waals surface area contributed by atoms with E-state index in [0.29, 0.717) is 12.5 Å². The molecule has 0 amide bonds. The third-order valence-corrected chi connectivity index (χ3v) is 4.98. The van der Waals surface area contributed by atoms with E-state index in [-0.39, 0.29) is 0 Å². The minimum absolute atomic E-state index is 0.513. The zero-order chi connectivity index (χ0) is 16.2. The molecule has 0 saturated heterocycles. The van der Waals surface area contributed by atoms with Gasteiger partial charge in [0, 0.05) is 5.39 Å². The summed E-state index contributed by atoms with van der Waals surface area (Å²) >= 11 is 0. The van der Waals surface area contributed by atoms with Crippen molar-refractivity contribution in [2.75, 3.05) is 0 Å². The molecule has 1 aliphatic carbocycles. The first-order valence-corrected chi connectivity index (χ1v) is 8.96. The van der Waals surface area contributed by atoms with Gasteiger partial charge in [0.05, 0.1) is 11.2 Å². The second-order valence-electron chi connectivity index (χ2n) is 6.69. The number of hydrogen-bond donors (Lipinski definition) is 0. The Hall–Kier alpha value is -2.35. The van der Waals surface area contributed by atoms with Crippen molar-refractivity contribution in [3.05, 3.63) is 71.9 Å². The lowest BCUT2D eigenvalue weighted by atomic mass is 9.84. The first-order chi connectivity index (χ1) is 11.9. The SMILES string of the molecule is c1cc(OCc2ccc3ccccc3n2)cc(C2CCCCC2)c1. The molecular weight excluding hydrogens is 294 g/mol. The fourth-order valence-electron chi connectivity index (χ4n) is 3.64. The third-order valence-electron chi connectivity index (χ3n) is 4.98. The predicted octanol–water partition coefficient (Wildman–Crippen LogP) is 5.86. The summed E-state index contributed by atoms with van der Waals surface area (Å²) in [5.41, 5.74) is 3.42. The molecule has 0 aliphatic heterocycles. The molecule has 3 aromatic rings. The summed E-state index contributed by atoms with van der Waals surface area (Å²) in [7, 11) is 0. The topological polar surface area (TPSA) is 22.1 Å². The van der Waals surface area contributed by atoms with E-state index in [0.717, 1.165) is 17.0 Å². The fourth-order valence-corrected chi connectivity index (χ4v) is 3.64. The predicted molar refractivity (Wildman–Crippen MR) is 98.3 cm³/mol. The van der Waals surface area contributed by atoms with Crippen LogP contribution >= 0.6 is 0 Å². The van der Waals surface area contributed by atoms with Crippen LogP contribution in [0, 0.1) is 0 Å². The van der Waals surface area contributed by atoms with Crippen molar-refractivity contribution in [2.24, 2.45) is 0 Å². The number of pyridine rings is 1. The van der Waals surface area contributed by atoms with Crippen LogP contribution in [0.1, 0.15) is 49.3 Å². The second kappa shape index (κ2) is 7.04. The number of hydrogen-bond acceptors (Lipinski definition) is 2. The molecule has 4 rings (SSSR count). The number of ether oxygens (including phenoxy) is 1. The van der Waals surface area contributed by atoms with Gasteiger partial charge in [-0.05, 0) is 48.6 Å². The Kier molecular flexibility index (Phi) is 4.46. The fraction of sp³-hybridized carbons (Fsp3) is 0.318. The zero-order valence-corrected chi connectivity index (χ0v) is 13.9. The molecule has 0 radical (unpaired) electrons. The maximum Gasteiger partial charge on any atom is 0.130 e. The molecule has 2 heteroatoms. The van der Waals surface area contributed by atoms with Crippen LogP contribution in [0.15, 0.2) is 60.7 Å². The quantitative estimate of drug-likeness (QED) is 0.601. The summed E-state index contributed by atoms with van der Waals surface area (Å²) < 4.78 is 6.01. The smallest absolute Gasteiger partial charge is 0.130 e. The molecule has 0 atom stereocenters. The van der Waals surface area contributed by atoms with Crippen LogP contribution in [-0.4, -0.2) is 4.98 Å². The Morgan fingerprint density at radius 2 is 1.75 bits per heavy atom. The molecule has 1 heterocycles. The van der Waals surface area contributed by atoms with Crippen molar-refractivity contribution in [1.82, 2.24) is 4.98 Å². The highest BCUT2D eigenvalue weighted by Gasteiger charge is 2.15. The van der Waals surface area contributed by atoms with Gasteiger partial charge in [0.15, 0.2) is 0 Å². The molecule has 1 aromatic heterocycles. The van der Waals surface area contributed by atoms with E-state index in [1.54, 1.807) is 0 Å². The Morgan fingerprint density at radius 3 is 2.67 bits per heavy atom. The maximum atomic E-state index is 6.01. The van der Waals surface area contributed by atoms with E-state index >= 15 is 0 Å². The minimum atomic E-state index is 0.513. The minimum Gasteiger partial charge on any atom is -0.487 e. The van der Waals surface area contributed by atoms with Crippen LogP contribution in [-0.2, 0) is 6.61 Å². The van der Waals surface area contributed by atoms with Crippen LogP contribution in [0.4, 0.5) is 0 Å². The highest BCUT2D eigenvalue weighted by molar-refractivity contribution is 5.78. The van der Waals surface area contributed by atoms with E-state index in [9.17, 15) is 0 Å². The Balaban J connectivity index is 1.46. The van der Waals surface area contributed by atoms with Gasteiger partial charge in [-0.25, -0.2) is 4.98 Å². The maximum absolute atomic E-state index is 6.01. The molecule has 2 nitrogen and oxygen atoms in total. The summed E-state index contributed by atoms with van der Waals surface area (Å²) in [6.45, 7) is 0.513. The molecule has 122 valence electrons. The van der Waals surface area contributed by atoms with Gasteiger partial charge in [0.25, 0.3) is 0 Å². The van der Waals surface area contributed by atoms with Crippen LogP contribution in [0.3, 0.4) is 0 Å². The van der Waals surface area contributed by atoms with Gasteiger partial charge in [-0.1, -0.05) is 55.7 Å². The summed E-state index contributed by atoms with van der Waals surface area (Å²) in [6, 6.07) is 21.0. The molecule has 0 spiro atoms. The largest absolute Gasteiger partial charge is 0.487 e. The molecule has 0 unspecified atom stereocenters. The van der Waals surface area contributed by atoms with Gasteiger partial charge in [-0.2, -0.15) is 0 Å². The lowest BCUT2D eigenvalue weighted by Gasteiger charge is -2.22. The van der Waals surface area contributed by atoms with Gasteiger partial charge in [-0.3, -0.25) is 0 Å². The Labute approximate surface area is 143 Å². The summed E-state index contributed by atoms with van der Waals surface area (Å²) in [5, 5.41) is 1.17. The van der Waals surface area contributed by atoms with Crippen molar-refractivity contribution in [1.29, 1.82) is 0 Å². The standard InChI is InChI=1S/C22H23NO/c1-2-7-17(8-3-1)19-10-6-11-21(15-19)24-16-20-14-13-18-9-4-5-12-22(18)23-20/h4-6,9-15,17H,1-3,7-8,16H2. The van der Waals surface area contributed by atoms with Crippen LogP contribution in [0.25, 0.3) is 10.9 Å². The second-order valence-corrected chi connectivity index (χ2v) is 6.69. The molecule has 1 saturated carbocycles. The van der Waals surface area contributed by atoms with Gasteiger partial charge in [-0.15, -0.1) is 0 Å². The molecule has 24 heavy (non-hydrogen) atoms. The molecule has 1 fully saturated rings. The zero-order valence-electron chi connectivity index (χ0n) is 13.9.